The van der Waals surface area contributed by atoms with E-state index in [4.69, 9.17) is 5.11 Å². The Morgan fingerprint density at radius 3 is 2.81 bits per heavy atom. The van der Waals surface area contributed by atoms with Gasteiger partial charge in [-0.1, -0.05) is 22.0 Å². The van der Waals surface area contributed by atoms with Gasteiger partial charge in [-0.05, 0) is 37.5 Å². The molecule has 1 saturated carbocycles. The van der Waals surface area contributed by atoms with Gasteiger partial charge in [0.15, 0.2) is 0 Å². The maximum absolute atomic E-state index is 10.9. The highest BCUT2D eigenvalue weighted by Crippen LogP contribution is 2.32. The minimum absolute atomic E-state index is 0.0745. The van der Waals surface area contributed by atoms with Crippen LogP contribution >= 0.6 is 15.9 Å². The third-order valence-corrected chi connectivity index (χ3v) is 4.06. The molecule has 0 radical (unpaired) electrons. The van der Waals surface area contributed by atoms with Gasteiger partial charge in [-0.15, -0.1) is 0 Å². The number of aliphatic carboxylic acids is 1. The minimum Gasteiger partial charge on any atom is -0.481 e. The SMILES string of the molecule is Cc1c(Br)cccc1NC1CCC1C(=O)O. The Bertz CT molecular complexity index is 419. The summed E-state index contributed by atoms with van der Waals surface area (Å²) in [5.74, 6) is -0.935. The third kappa shape index (κ3) is 2.07. The maximum Gasteiger partial charge on any atom is 0.308 e. The summed E-state index contributed by atoms with van der Waals surface area (Å²) in [5, 5.41) is 12.3. The highest BCUT2D eigenvalue weighted by Gasteiger charge is 2.36. The number of carboxylic acid groups (broad SMARTS) is 1. The molecule has 0 aliphatic heterocycles. The van der Waals surface area contributed by atoms with Crippen LogP contribution in [-0.4, -0.2) is 17.1 Å². The molecular weight excluding hydrogens is 270 g/mol. The van der Waals surface area contributed by atoms with Crippen LogP contribution < -0.4 is 5.32 Å². The first kappa shape index (κ1) is 11.5. The van der Waals surface area contributed by atoms with Crippen LogP contribution in [0.15, 0.2) is 22.7 Å². The molecule has 1 aromatic carbocycles. The fraction of sp³-hybridized carbons (Fsp3) is 0.417. The molecule has 2 N–H and O–H groups in total. The van der Waals surface area contributed by atoms with Crippen LogP contribution in [0.4, 0.5) is 5.69 Å². The fourth-order valence-corrected chi connectivity index (χ4v) is 2.30. The van der Waals surface area contributed by atoms with E-state index >= 15 is 0 Å². The summed E-state index contributed by atoms with van der Waals surface area (Å²) in [6.07, 6.45) is 1.71. The van der Waals surface area contributed by atoms with E-state index in [0.717, 1.165) is 28.6 Å². The summed E-state index contributed by atoms with van der Waals surface area (Å²) in [7, 11) is 0. The molecule has 3 nitrogen and oxygen atoms in total. The number of anilines is 1. The number of carbonyl (C=O) groups is 1. The molecule has 1 fully saturated rings. The highest BCUT2D eigenvalue weighted by atomic mass is 79.9. The summed E-state index contributed by atoms with van der Waals surface area (Å²) in [6, 6.07) is 5.99. The van der Waals surface area contributed by atoms with Gasteiger partial charge in [-0.2, -0.15) is 0 Å². The zero-order valence-electron chi connectivity index (χ0n) is 9.03. The largest absolute Gasteiger partial charge is 0.481 e. The molecular formula is C12H14BrNO2. The summed E-state index contributed by atoms with van der Waals surface area (Å²) >= 11 is 3.46. The van der Waals surface area contributed by atoms with Gasteiger partial charge in [0.2, 0.25) is 0 Å². The Labute approximate surface area is 103 Å². The third-order valence-electron chi connectivity index (χ3n) is 3.20. The number of benzene rings is 1. The number of hydrogen-bond acceptors (Lipinski definition) is 2. The fourth-order valence-electron chi connectivity index (χ4n) is 1.93. The Kier molecular flexibility index (Phi) is 3.19. The lowest BCUT2D eigenvalue weighted by Crippen LogP contribution is -2.43. The second-order valence-electron chi connectivity index (χ2n) is 4.19. The van der Waals surface area contributed by atoms with Crippen molar-refractivity contribution in [3.05, 3.63) is 28.2 Å². The molecule has 16 heavy (non-hydrogen) atoms. The van der Waals surface area contributed by atoms with Gasteiger partial charge < -0.3 is 10.4 Å². The molecule has 0 spiro atoms. The second kappa shape index (κ2) is 4.45. The van der Waals surface area contributed by atoms with Crippen molar-refractivity contribution in [1.29, 1.82) is 0 Å². The lowest BCUT2D eigenvalue weighted by atomic mass is 9.79. The van der Waals surface area contributed by atoms with Crippen LogP contribution in [0.1, 0.15) is 18.4 Å². The molecule has 0 amide bonds. The smallest absolute Gasteiger partial charge is 0.308 e. The van der Waals surface area contributed by atoms with Crippen molar-refractivity contribution < 1.29 is 9.90 Å². The highest BCUT2D eigenvalue weighted by molar-refractivity contribution is 9.10. The Morgan fingerprint density at radius 2 is 2.25 bits per heavy atom. The van der Waals surface area contributed by atoms with E-state index in [-0.39, 0.29) is 12.0 Å². The first-order chi connectivity index (χ1) is 7.59. The van der Waals surface area contributed by atoms with Crippen LogP contribution in [0.25, 0.3) is 0 Å². The van der Waals surface area contributed by atoms with Crippen LogP contribution in [0.2, 0.25) is 0 Å². The first-order valence-corrected chi connectivity index (χ1v) is 6.13. The van der Waals surface area contributed by atoms with Gasteiger partial charge >= 0.3 is 5.97 Å². The normalized spacial score (nSPS) is 23.6. The summed E-state index contributed by atoms with van der Waals surface area (Å²) in [4.78, 5) is 10.9. The predicted molar refractivity (Wildman–Crippen MR) is 66.6 cm³/mol. The number of nitrogens with one attached hydrogen (secondary N) is 1. The standard InChI is InChI=1S/C12H14BrNO2/c1-7-9(13)3-2-4-10(7)14-11-6-5-8(11)12(15)16/h2-4,8,11,14H,5-6H2,1H3,(H,15,16). The molecule has 2 atom stereocenters. The molecule has 86 valence electrons. The van der Waals surface area contributed by atoms with Crippen molar-refractivity contribution in [1.82, 2.24) is 0 Å². The lowest BCUT2D eigenvalue weighted by molar-refractivity contribution is -0.144. The van der Waals surface area contributed by atoms with Gasteiger partial charge in [-0.3, -0.25) is 4.79 Å². The van der Waals surface area contributed by atoms with Crippen LogP contribution in [-0.2, 0) is 4.79 Å². The quantitative estimate of drug-likeness (QED) is 0.897. The van der Waals surface area contributed by atoms with E-state index in [1.165, 1.54) is 0 Å². The molecule has 0 aromatic heterocycles. The first-order valence-electron chi connectivity index (χ1n) is 5.34. The second-order valence-corrected chi connectivity index (χ2v) is 5.04. The van der Waals surface area contributed by atoms with E-state index in [1.54, 1.807) is 0 Å². The summed E-state index contributed by atoms with van der Waals surface area (Å²) < 4.78 is 1.05. The average Bonchev–Trinajstić information content (AvgIpc) is 2.17. The molecule has 1 aromatic rings. The van der Waals surface area contributed by atoms with Gasteiger partial charge in [0, 0.05) is 16.2 Å². The van der Waals surface area contributed by atoms with Gasteiger partial charge in [0.25, 0.3) is 0 Å². The summed E-state index contributed by atoms with van der Waals surface area (Å²) in [6.45, 7) is 2.01. The van der Waals surface area contributed by atoms with E-state index in [0.29, 0.717) is 0 Å². The van der Waals surface area contributed by atoms with Gasteiger partial charge in [0.05, 0.1) is 5.92 Å². The predicted octanol–water partition coefficient (Wildman–Crippen LogP) is 3.03. The zero-order chi connectivity index (χ0) is 11.7. The van der Waals surface area contributed by atoms with Gasteiger partial charge in [-0.25, -0.2) is 0 Å². The van der Waals surface area contributed by atoms with Gasteiger partial charge in [0.1, 0.15) is 0 Å². The molecule has 0 bridgehead atoms. The molecule has 2 rings (SSSR count). The average molecular weight is 284 g/mol. The number of rotatable bonds is 3. The number of carboxylic acids is 1. The number of halogens is 1. The zero-order valence-corrected chi connectivity index (χ0v) is 10.6. The minimum atomic E-state index is -0.698. The van der Waals surface area contributed by atoms with Crippen molar-refractivity contribution in [3.63, 3.8) is 0 Å². The monoisotopic (exact) mass is 283 g/mol. The van der Waals surface area contributed by atoms with Crippen molar-refractivity contribution in [2.45, 2.75) is 25.8 Å². The molecule has 0 saturated heterocycles. The van der Waals surface area contributed by atoms with Crippen LogP contribution in [0.3, 0.4) is 0 Å². The van der Waals surface area contributed by atoms with Crippen molar-refractivity contribution in [2.75, 3.05) is 5.32 Å². The molecule has 1 aliphatic rings. The van der Waals surface area contributed by atoms with Crippen LogP contribution in [0.5, 0.6) is 0 Å². The topological polar surface area (TPSA) is 49.3 Å². The van der Waals surface area contributed by atoms with E-state index in [9.17, 15) is 4.79 Å². The summed E-state index contributed by atoms with van der Waals surface area (Å²) in [5.41, 5.74) is 2.14. The number of hydrogen-bond donors (Lipinski definition) is 2. The maximum atomic E-state index is 10.9. The van der Waals surface area contributed by atoms with E-state index in [2.05, 4.69) is 21.2 Å². The lowest BCUT2D eigenvalue weighted by Gasteiger charge is -2.35. The molecule has 2 unspecified atom stereocenters. The Balaban J connectivity index is 2.10. The molecule has 0 heterocycles. The Morgan fingerprint density at radius 1 is 1.50 bits per heavy atom. The van der Waals surface area contributed by atoms with E-state index in [1.807, 2.05) is 25.1 Å². The van der Waals surface area contributed by atoms with Crippen molar-refractivity contribution in [2.24, 2.45) is 5.92 Å². The molecule has 1 aliphatic carbocycles. The van der Waals surface area contributed by atoms with Crippen molar-refractivity contribution in [3.8, 4) is 0 Å². The Hall–Kier alpha value is -1.03. The molecule has 4 heteroatoms. The van der Waals surface area contributed by atoms with Crippen molar-refractivity contribution >= 4 is 27.6 Å². The van der Waals surface area contributed by atoms with Crippen LogP contribution in [0, 0.1) is 12.8 Å². The van der Waals surface area contributed by atoms with E-state index < -0.39 is 5.97 Å².